The number of nitrogens with one attached hydrogen (secondary N) is 1. The minimum absolute atomic E-state index is 0.0883. The fraction of sp³-hybridized carbons (Fsp3) is 0.286. The number of rotatable bonds is 4. The quantitative estimate of drug-likeness (QED) is 0.580. The molecule has 0 saturated carbocycles. The van der Waals surface area contributed by atoms with Gasteiger partial charge >= 0.3 is 0 Å². The van der Waals surface area contributed by atoms with Crippen molar-refractivity contribution in [3.63, 3.8) is 0 Å². The Kier molecular flexibility index (Phi) is 6.13. The van der Waals surface area contributed by atoms with Gasteiger partial charge in [0.1, 0.15) is 10.2 Å². The molecule has 1 aliphatic rings. The molecule has 3 heterocycles. The molecule has 0 aliphatic carbocycles. The predicted octanol–water partition coefficient (Wildman–Crippen LogP) is 5.17. The number of piperazine rings is 1. The van der Waals surface area contributed by atoms with E-state index in [9.17, 15) is 4.79 Å². The first kappa shape index (κ1) is 20.9. The molecule has 0 atom stereocenters. The summed E-state index contributed by atoms with van der Waals surface area (Å²) in [6.07, 6.45) is 0. The van der Waals surface area contributed by atoms with Gasteiger partial charge in [-0.2, -0.15) is 4.98 Å². The van der Waals surface area contributed by atoms with Gasteiger partial charge in [-0.1, -0.05) is 40.9 Å². The van der Waals surface area contributed by atoms with Crippen LogP contribution in [0.15, 0.2) is 36.4 Å². The number of hydrogen-bond donors (Lipinski definition) is 1. The maximum atomic E-state index is 12.7. The van der Waals surface area contributed by atoms with E-state index in [0.29, 0.717) is 46.4 Å². The van der Waals surface area contributed by atoms with Crippen molar-refractivity contribution in [2.24, 2.45) is 0 Å². The number of benzene rings is 1. The molecule has 0 bridgehead atoms. The highest BCUT2D eigenvalue weighted by Gasteiger charge is 2.26. The molecule has 1 aliphatic heterocycles. The molecule has 2 aromatic heterocycles. The molecule has 0 spiro atoms. The molecule has 1 fully saturated rings. The van der Waals surface area contributed by atoms with E-state index in [1.165, 1.54) is 16.9 Å². The highest BCUT2D eigenvalue weighted by Crippen LogP contribution is 2.32. The molecule has 4 rings (SSSR count). The standard InChI is InChI=1S/C21H21Cl2N5OS/c1-13-3-5-15(6-4-13)25-18-11-14(2)24-21(26-18)28-9-7-27(8-10-28)20(29)16-12-17(22)30-19(16)23/h3-6,11-12H,7-10H2,1-2H3,(H,24,25,26). The minimum atomic E-state index is -0.0883. The number of carbonyl (C=O) groups is 1. The van der Waals surface area contributed by atoms with E-state index in [2.05, 4.69) is 39.2 Å². The lowest BCUT2D eigenvalue weighted by Crippen LogP contribution is -2.49. The number of anilines is 3. The predicted molar refractivity (Wildman–Crippen MR) is 124 cm³/mol. The Morgan fingerprint density at radius 1 is 1.03 bits per heavy atom. The highest BCUT2D eigenvalue weighted by molar-refractivity contribution is 7.20. The van der Waals surface area contributed by atoms with E-state index in [0.717, 1.165) is 17.2 Å². The average Bonchev–Trinajstić information content (AvgIpc) is 3.07. The molecule has 30 heavy (non-hydrogen) atoms. The summed E-state index contributed by atoms with van der Waals surface area (Å²) in [6.45, 7) is 6.44. The summed E-state index contributed by atoms with van der Waals surface area (Å²) in [4.78, 5) is 25.9. The Bertz CT molecular complexity index is 1060. The number of thiophene rings is 1. The SMILES string of the molecule is Cc1ccc(Nc2cc(C)nc(N3CCN(C(=O)c4cc(Cl)sc4Cl)CC3)n2)cc1. The summed E-state index contributed by atoms with van der Waals surface area (Å²) in [5.74, 6) is 1.32. The van der Waals surface area contributed by atoms with Gasteiger partial charge < -0.3 is 15.1 Å². The molecule has 9 heteroatoms. The molecule has 1 aromatic carbocycles. The summed E-state index contributed by atoms with van der Waals surface area (Å²) in [7, 11) is 0. The fourth-order valence-corrected chi connectivity index (χ4v) is 4.76. The Morgan fingerprint density at radius 2 is 1.73 bits per heavy atom. The zero-order chi connectivity index (χ0) is 21.3. The Labute approximate surface area is 189 Å². The molecule has 1 saturated heterocycles. The van der Waals surface area contributed by atoms with Crippen molar-refractivity contribution in [1.82, 2.24) is 14.9 Å². The summed E-state index contributed by atoms with van der Waals surface area (Å²) in [6, 6.07) is 11.7. The monoisotopic (exact) mass is 461 g/mol. The van der Waals surface area contributed by atoms with Gasteiger partial charge in [0.15, 0.2) is 0 Å². The van der Waals surface area contributed by atoms with E-state index in [4.69, 9.17) is 23.2 Å². The van der Waals surface area contributed by atoms with Gasteiger partial charge in [-0.15, -0.1) is 11.3 Å². The van der Waals surface area contributed by atoms with E-state index in [1.807, 2.05) is 25.1 Å². The van der Waals surface area contributed by atoms with Crippen LogP contribution in [0.3, 0.4) is 0 Å². The second-order valence-electron chi connectivity index (χ2n) is 7.20. The summed E-state index contributed by atoms with van der Waals surface area (Å²) in [5, 5.41) is 3.34. The van der Waals surface area contributed by atoms with Gasteiger partial charge in [0.2, 0.25) is 5.95 Å². The van der Waals surface area contributed by atoms with Crippen LogP contribution in [0, 0.1) is 13.8 Å². The number of amides is 1. The number of carbonyl (C=O) groups excluding carboxylic acids is 1. The number of halogens is 2. The zero-order valence-electron chi connectivity index (χ0n) is 16.7. The van der Waals surface area contributed by atoms with Crippen LogP contribution < -0.4 is 10.2 Å². The first-order chi connectivity index (χ1) is 14.4. The van der Waals surface area contributed by atoms with E-state index >= 15 is 0 Å². The number of nitrogens with zero attached hydrogens (tertiary/aromatic N) is 4. The lowest BCUT2D eigenvalue weighted by atomic mass is 10.2. The number of aryl methyl sites for hydroxylation is 2. The van der Waals surface area contributed by atoms with Gasteiger partial charge in [0.05, 0.1) is 9.90 Å². The fourth-order valence-electron chi connectivity index (χ4n) is 3.31. The maximum absolute atomic E-state index is 12.7. The number of aromatic nitrogens is 2. The third-order valence-corrected chi connectivity index (χ3v) is 6.39. The van der Waals surface area contributed by atoms with Crippen LogP contribution in [0.2, 0.25) is 8.67 Å². The molecule has 1 N–H and O–H groups in total. The first-order valence-electron chi connectivity index (χ1n) is 9.57. The van der Waals surface area contributed by atoms with Gasteiger partial charge in [-0.25, -0.2) is 4.98 Å². The molecular weight excluding hydrogens is 441 g/mol. The van der Waals surface area contributed by atoms with Crippen molar-refractivity contribution in [3.8, 4) is 0 Å². The lowest BCUT2D eigenvalue weighted by Gasteiger charge is -2.34. The van der Waals surface area contributed by atoms with Crippen LogP contribution in [-0.2, 0) is 0 Å². The molecule has 3 aromatic rings. The normalized spacial score (nSPS) is 14.1. The minimum Gasteiger partial charge on any atom is -0.340 e. The Morgan fingerprint density at radius 3 is 2.37 bits per heavy atom. The molecule has 6 nitrogen and oxygen atoms in total. The van der Waals surface area contributed by atoms with Crippen molar-refractivity contribution in [2.45, 2.75) is 13.8 Å². The smallest absolute Gasteiger partial charge is 0.256 e. The van der Waals surface area contributed by atoms with Crippen LogP contribution in [0.4, 0.5) is 17.5 Å². The topological polar surface area (TPSA) is 61.4 Å². The second kappa shape index (κ2) is 8.79. The third-order valence-electron chi connectivity index (χ3n) is 4.90. The summed E-state index contributed by atoms with van der Waals surface area (Å²) in [5.41, 5.74) is 3.54. The van der Waals surface area contributed by atoms with Crippen molar-refractivity contribution in [3.05, 3.63) is 61.9 Å². The Hall–Kier alpha value is -2.35. The summed E-state index contributed by atoms with van der Waals surface area (Å²) >= 11 is 13.3. The highest BCUT2D eigenvalue weighted by atomic mass is 35.5. The van der Waals surface area contributed by atoms with Gasteiger partial charge in [0, 0.05) is 43.6 Å². The zero-order valence-corrected chi connectivity index (χ0v) is 19.0. The van der Waals surface area contributed by atoms with Crippen LogP contribution in [0.5, 0.6) is 0 Å². The molecule has 0 radical (unpaired) electrons. The van der Waals surface area contributed by atoms with E-state index < -0.39 is 0 Å². The molecule has 0 unspecified atom stereocenters. The summed E-state index contributed by atoms with van der Waals surface area (Å²) < 4.78 is 0.949. The molecular formula is C21H21Cl2N5OS. The number of hydrogen-bond acceptors (Lipinski definition) is 6. The molecule has 156 valence electrons. The second-order valence-corrected chi connectivity index (χ2v) is 9.49. The van der Waals surface area contributed by atoms with Crippen LogP contribution in [0.25, 0.3) is 0 Å². The lowest BCUT2D eigenvalue weighted by molar-refractivity contribution is 0.0747. The van der Waals surface area contributed by atoms with E-state index in [-0.39, 0.29) is 5.91 Å². The van der Waals surface area contributed by atoms with Gasteiger partial charge in [-0.3, -0.25) is 4.79 Å². The van der Waals surface area contributed by atoms with Crippen molar-refractivity contribution < 1.29 is 4.79 Å². The van der Waals surface area contributed by atoms with Crippen molar-refractivity contribution >= 4 is 57.9 Å². The largest absolute Gasteiger partial charge is 0.340 e. The van der Waals surface area contributed by atoms with Crippen LogP contribution >= 0.6 is 34.5 Å². The van der Waals surface area contributed by atoms with Crippen LogP contribution in [0.1, 0.15) is 21.6 Å². The van der Waals surface area contributed by atoms with Crippen molar-refractivity contribution in [1.29, 1.82) is 0 Å². The maximum Gasteiger partial charge on any atom is 0.256 e. The van der Waals surface area contributed by atoms with Crippen LogP contribution in [-0.4, -0.2) is 47.0 Å². The van der Waals surface area contributed by atoms with E-state index in [1.54, 1.807) is 11.0 Å². The Balaban J connectivity index is 1.44. The van der Waals surface area contributed by atoms with Gasteiger partial charge in [-0.05, 0) is 32.0 Å². The third kappa shape index (κ3) is 4.69. The van der Waals surface area contributed by atoms with Crippen molar-refractivity contribution in [2.75, 3.05) is 36.4 Å². The van der Waals surface area contributed by atoms with Gasteiger partial charge in [0.25, 0.3) is 5.91 Å². The first-order valence-corrected chi connectivity index (χ1v) is 11.1. The molecule has 1 amide bonds. The average molecular weight is 462 g/mol.